The van der Waals surface area contributed by atoms with E-state index < -0.39 is 0 Å². The first-order valence-corrected chi connectivity index (χ1v) is 4.96. The van der Waals surface area contributed by atoms with Gasteiger partial charge in [0.25, 0.3) is 0 Å². The number of aldehydes is 1. The number of hydrogen-bond acceptors (Lipinski definition) is 1. The van der Waals surface area contributed by atoms with Crippen LogP contribution in [0.3, 0.4) is 0 Å². The number of hydrogen-bond donors (Lipinski definition) is 0. The van der Waals surface area contributed by atoms with Gasteiger partial charge < -0.3 is 0 Å². The average Bonchev–Trinajstić information content (AvgIpc) is 2.28. The Hall–Kier alpha value is -1.81. The van der Waals surface area contributed by atoms with Crippen molar-refractivity contribution in [1.82, 2.24) is 0 Å². The third-order valence-corrected chi connectivity index (χ3v) is 2.18. The molecule has 0 saturated carbocycles. The zero-order valence-corrected chi connectivity index (χ0v) is 8.60. The van der Waals surface area contributed by atoms with Crippen molar-refractivity contribution in [2.24, 2.45) is 5.92 Å². The summed E-state index contributed by atoms with van der Waals surface area (Å²) in [6.45, 7) is 0. The molecule has 0 N–H and O–H groups in total. The highest BCUT2D eigenvalue weighted by molar-refractivity contribution is 5.64. The summed E-state index contributed by atoms with van der Waals surface area (Å²) in [5.41, 5.74) is 1.24. The summed E-state index contributed by atoms with van der Waals surface area (Å²) >= 11 is 0. The van der Waals surface area contributed by atoms with E-state index in [1.165, 1.54) is 11.6 Å². The molecule has 0 bridgehead atoms. The Kier molecular flexibility index (Phi) is 4.97. The van der Waals surface area contributed by atoms with E-state index in [0.29, 0.717) is 6.42 Å². The Morgan fingerprint density at radius 3 is 2.67 bits per heavy atom. The molecule has 1 unspecified atom stereocenters. The summed E-state index contributed by atoms with van der Waals surface area (Å²) in [4.78, 5) is 10.2. The summed E-state index contributed by atoms with van der Waals surface area (Å²) in [6, 6.07) is 10.1. The van der Waals surface area contributed by atoms with E-state index in [1.54, 1.807) is 0 Å². The van der Waals surface area contributed by atoms with E-state index in [4.69, 9.17) is 6.42 Å². The van der Waals surface area contributed by atoms with Crippen LogP contribution in [0.4, 0.5) is 0 Å². The van der Waals surface area contributed by atoms with Crippen molar-refractivity contribution in [3.63, 3.8) is 0 Å². The van der Waals surface area contributed by atoms with Crippen molar-refractivity contribution in [2.45, 2.75) is 12.8 Å². The van der Waals surface area contributed by atoms with E-state index in [0.717, 1.165) is 12.7 Å². The van der Waals surface area contributed by atoms with Crippen LogP contribution in [0.5, 0.6) is 0 Å². The zero-order chi connectivity index (χ0) is 10.9. The minimum atomic E-state index is 0.252. The summed E-state index contributed by atoms with van der Waals surface area (Å²) in [5, 5.41) is 0. The van der Waals surface area contributed by atoms with Crippen LogP contribution in [0.15, 0.2) is 42.5 Å². The number of allylic oxidation sites excluding steroid dienone is 2. The number of carbonyl (C=O) groups is 1. The molecule has 76 valence electrons. The summed E-state index contributed by atoms with van der Waals surface area (Å²) in [6.07, 6.45) is 11.0. The number of terminal acetylenes is 1. The van der Waals surface area contributed by atoms with Crippen LogP contribution in [0.25, 0.3) is 0 Å². The van der Waals surface area contributed by atoms with Crippen LogP contribution in [0.1, 0.15) is 12.0 Å². The molecule has 1 nitrogen and oxygen atoms in total. The van der Waals surface area contributed by atoms with Crippen LogP contribution >= 0.6 is 0 Å². The Morgan fingerprint density at radius 2 is 2.07 bits per heavy atom. The first kappa shape index (κ1) is 11.3. The van der Waals surface area contributed by atoms with E-state index in [-0.39, 0.29) is 5.92 Å². The summed E-state index contributed by atoms with van der Waals surface area (Å²) < 4.78 is 0. The lowest BCUT2D eigenvalue weighted by molar-refractivity contribution is -0.104. The molecule has 1 aromatic carbocycles. The van der Waals surface area contributed by atoms with Gasteiger partial charge in [0.1, 0.15) is 6.29 Å². The van der Waals surface area contributed by atoms with Crippen LogP contribution in [-0.4, -0.2) is 6.29 Å². The molecule has 15 heavy (non-hydrogen) atoms. The van der Waals surface area contributed by atoms with Gasteiger partial charge in [-0.2, -0.15) is 0 Å². The molecule has 1 rings (SSSR count). The van der Waals surface area contributed by atoms with E-state index in [9.17, 15) is 4.79 Å². The van der Waals surface area contributed by atoms with Gasteiger partial charge in [-0.3, -0.25) is 4.79 Å². The maximum absolute atomic E-state index is 10.2. The molecule has 1 heteroatoms. The van der Waals surface area contributed by atoms with Gasteiger partial charge in [-0.25, -0.2) is 0 Å². The molecule has 0 fully saturated rings. The lowest BCUT2D eigenvalue weighted by atomic mass is 9.96. The molecule has 0 aromatic heterocycles. The highest BCUT2D eigenvalue weighted by atomic mass is 16.1. The second-order valence-electron chi connectivity index (χ2n) is 3.38. The summed E-state index contributed by atoms with van der Waals surface area (Å²) in [7, 11) is 0. The molecule has 0 aliphatic rings. The molecule has 0 spiro atoms. The van der Waals surface area contributed by atoms with Crippen LogP contribution in [0.2, 0.25) is 0 Å². The lowest BCUT2D eigenvalue weighted by Gasteiger charge is -2.08. The molecular formula is C14H14O. The Labute approximate surface area is 90.8 Å². The minimum Gasteiger partial charge on any atom is -0.299 e. The number of benzene rings is 1. The largest absolute Gasteiger partial charge is 0.299 e. The van der Waals surface area contributed by atoms with Gasteiger partial charge in [-0.1, -0.05) is 36.4 Å². The van der Waals surface area contributed by atoms with Crippen molar-refractivity contribution < 1.29 is 4.79 Å². The Balaban J connectivity index is 2.63. The molecule has 0 aliphatic carbocycles. The second kappa shape index (κ2) is 6.62. The fourth-order valence-corrected chi connectivity index (χ4v) is 1.48. The molecular weight excluding hydrogens is 184 g/mol. The van der Waals surface area contributed by atoms with E-state index >= 15 is 0 Å². The zero-order valence-electron chi connectivity index (χ0n) is 8.60. The normalized spacial score (nSPS) is 12.2. The van der Waals surface area contributed by atoms with Gasteiger partial charge >= 0.3 is 0 Å². The van der Waals surface area contributed by atoms with Crippen molar-refractivity contribution in [3.05, 3.63) is 48.0 Å². The molecule has 0 aliphatic heterocycles. The van der Waals surface area contributed by atoms with Gasteiger partial charge in [0.2, 0.25) is 0 Å². The number of rotatable bonds is 5. The Bertz CT molecular complexity index is 357. The highest BCUT2D eigenvalue weighted by Crippen LogP contribution is 2.12. The molecule has 1 atom stereocenters. The van der Waals surface area contributed by atoms with Gasteiger partial charge in [0.05, 0.1) is 0 Å². The van der Waals surface area contributed by atoms with Gasteiger partial charge in [0.15, 0.2) is 0 Å². The maximum Gasteiger partial charge on any atom is 0.142 e. The first-order chi connectivity index (χ1) is 7.36. The molecule has 1 aromatic rings. The molecule has 0 heterocycles. The fourth-order valence-electron chi connectivity index (χ4n) is 1.48. The first-order valence-electron chi connectivity index (χ1n) is 4.96. The minimum absolute atomic E-state index is 0.252. The summed E-state index contributed by atoms with van der Waals surface area (Å²) in [5.74, 6) is 2.88. The Morgan fingerprint density at radius 1 is 1.33 bits per heavy atom. The fraction of sp³-hybridized carbons (Fsp3) is 0.214. The topological polar surface area (TPSA) is 17.1 Å². The van der Waals surface area contributed by atoms with Gasteiger partial charge in [-0.15, -0.1) is 12.3 Å². The van der Waals surface area contributed by atoms with Crippen molar-refractivity contribution in [3.8, 4) is 12.3 Å². The predicted molar refractivity (Wildman–Crippen MR) is 62.3 cm³/mol. The second-order valence-corrected chi connectivity index (χ2v) is 3.38. The van der Waals surface area contributed by atoms with Crippen LogP contribution in [-0.2, 0) is 11.2 Å². The third-order valence-electron chi connectivity index (χ3n) is 2.18. The van der Waals surface area contributed by atoms with Crippen molar-refractivity contribution in [1.29, 1.82) is 0 Å². The smallest absolute Gasteiger partial charge is 0.142 e. The quantitative estimate of drug-likeness (QED) is 0.404. The van der Waals surface area contributed by atoms with Crippen LogP contribution < -0.4 is 0 Å². The molecule has 0 amide bonds. The molecule has 0 radical (unpaired) electrons. The monoisotopic (exact) mass is 198 g/mol. The van der Waals surface area contributed by atoms with Gasteiger partial charge in [-0.05, 0) is 24.0 Å². The van der Waals surface area contributed by atoms with E-state index in [2.05, 4.69) is 18.1 Å². The molecule has 0 saturated heterocycles. The van der Waals surface area contributed by atoms with Crippen molar-refractivity contribution in [2.75, 3.05) is 0 Å². The predicted octanol–water partition coefficient (Wildman–Crippen LogP) is 2.62. The number of carbonyl (C=O) groups excluding carboxylic acids is 1. The maximum atomic E-state index is 10.2. The van der Waals surface area contributed by atoms with Crippen molar-refractivity contribution >= 4 is 6.29 Å². The van der Waals surface area contributed by atoms with Gasteiger partial charge in [0, 0.05) is 6.42 Å². The van der Waals surface area contributed by atoms with Crippen LogP contribution in [0, 0.1) is 18.3 Å². The van der Waals surface area contributed by atoms with E-state index in [1.807, 2.05) is 24.3 Å². The third kappa shape index (κ3) is 4.28. The highest BCUT2D eigenvalue weighted by Gasteiger charge is 2.03. The lowest BCUT2D eigenvalue weighted by Crippen LogP contribution is -2.00. The average molecular weight is 198 g/mol. The SMILES string of the molecule is C#CCC(/C=C/C=O)Cc1ccccc1. The standard InChI is InChI=1S/C14H14O/c1-2-7-13(10-6-11-15)12-14-8-4-3-5-9-14/h1,3-6,8-11,13H,7,12H2/b10-6+.